The van der Waals surface area contributed by atoms with E-state index in [1.807, 2.05) is 19.1 Å². The molecule has 0 radical (unpaired) electrons. The lowest BCUT2D eigenvalue weighted by atomic mass is 10.1. The van der Waals surface area contributed by atoms with Gasteiger partial charge in [0.15, 0.2) is 0 Å². The van der Waals surface area contributed by atoms with E-state index in [2.05, 4.69) is 0 Å². The van der Waals surface area contributed by atoms with Crippen LogP contribution >= 0.6 is 23.2 Å². The molecular formula is C9H10Cl2N2. The quantitative estimate of drug-likeness (QED) is 0.622. The highest BCUT2D eigenvalue weighted by Gasteiger charge is 1.97. The Hall–Kier alpha value is -0.860. The van der Waals surface area contributed by atoms with Gasteiger partial charge in [0, 0.05) is 10.4 Å². The minimum absolute atomic E-state index is 0.197. The molecule has 0 spiro atoms. The fourth-order valence-electron chi connectivity index (χ4n) is 1.18. The molecule has 1 rings (SSSR count). The zero-order valence-corrected chi connectivity index (χ0v) is 8.65. The van der Waals surface area contributed by atoms with E-state index in [1.165, 1.54) is 0 Å². The van der Waals surface area contributed by atoms with Crippen molar-refractivity contribution in [1.82, 2.24) is 0 Å². The van der Waals surface area contributed by atoms with Crippen LogP contribution in [-0.2, 0) is 0 Å². The Morgan fingerprint density at radius 1 is 1.15 bits per heavy atom. The molecule has 0 aliphatic heterocycles. The maximum absolute atomic E-state index is 5.72. The Bertz CT molecular complexity index is 429. The summed E-state index contributed by atoms with van der Waals surface area (Å²) in [6, 6.07) is 5.52. The maximum Gasteiger partial charge on any atom is 0.107 e. The smallest absolute Gasteiger partial charge is 0.107 e. The molecule has 4 N–H and O–H groups in total. The molecule has 0 aliphatic carbocycles. The van der Waals surface area contributed by atoms with E-state index >= 15 is 0 Å². The van der Waals surface area contributed by atoms with Crippen LogP contribution in [0.25, 0.3) is 10.3 Å². The third-order valence-electron chi connectivity index (χ3n) is 1.77. The molecule has 1 aromatic rings. The average Bonchev–Trinajstić information content (AvgIpc) is 2.02. The zero-order valence-electron chi connectivity index (χ0n) is 7.14. The Kier molecular flexibility index (Phi) is 3.07. The number of nitrogens with two attached hydrogens (primary N) is 2. The van der Waals surface area contributed by atoms with E-state index in [4.69, 9.17) is 34.7 Å². The summed E-state index contributed by atoms with van der Waals surface area (Å²) < 4.78 is 0. The molecular weight excluding hydrogens is 207 g/mol. The standard InChI is InChI=1S/C9H10Cl2N2/c1-5-3-2-4-6(8(10)12)7(5)9(11)13/h2-4H,12-13H2,1H3/b8-6-,9-7-. The Morgan fingerprint density at radius 2 is 1.77 bits per heavy atom. The van der Waals surface area contributed by atoms with Crippen molar-refractivity contribution in [3.63, 3.8) is 0 Å². The van der Waals surface area contributed by atoms with Crippen molar-refractivity contribution in [2.45, 2.75) is 6.92 Å². The first-order chi connectivity index (χ1) is 6.04. The van der Waals surface area contributed by atoms with Gasteiger partial charge >= 0.3 is 0 Å². The highest BCUT2D eigenvalue weighted by molar-refractivity contribution is 6.45. The number of hydrogen-bond donors (Lipinski definition) is 2. The van der Waals surface area contributed by atoms with Crippen LogP contribution in [0.5, 0.6) is 0 Å². The number of halogens is 2. The van der Waals surface area contributed by atoms with Gasteiger partial charge in [0.05, 0.1) is 0 Å². The predicted molar refractivity (Wildman–Crippen MR) is 57.3 cm³/mol. The highest BCUT2D eigenvalue weighted by atomic mass is 35.5. The third-order valence-corrected chi connectivity index (χ3v) is 2.16. The van der Waals surface area contributed by atoms with Gasteiger partial charge in [-0.1, -0.05) is 41.4 Å². The van der Waals surface area contributed by atoms with E-state index in [0.29, 0.717) is 10.4 Å². The van der Waals surface area contributed by atoms with E-state index in [1.54, 1.807) is 6.07 Å². The lowest BCUT2D eigenvalue weighted by molar-refractivity contribution is 1.34. The molecule has 0 saturated heterocycles. The molecule has 0 saturated carbocycles. The first kappa shape index (κ1) is 10.2. The molecule has 2 nitrogen and oxygen atoms in total. The highest BCUT2D eigenvalue weighted by Crippen LogP contribution is 1.93. The first-order valence-corrected chi connectivity index (χ1v) is 4.46. The van der Waals surface area contributed by atoms with Gasteiger partial charge in [-0.2, -0.15) is 0 Å². The van der Waals surface area contributed by atoms with Gasteiger partial charge in [0.2, 0.25) is 0 Å². The van der Waals surface area contributed by atoms with Crippen LogP contribution in [0.15, 0.2) is 18.2 Å². The van der Waals surface area contributed by atoms with Crippen LogP contribution in [0.2, 0.25) is 0 Å². The SMILES string of the molecule is Cc1cccc(=C(/N)Cl)/c1=C(\N)Cl. The topological polar surface area (TPSA) is 52.0 Å². The summed E-state index contributed by atoms with van der Waals surface area (Å²) in [4.78, 5) is 0. The van der Waals surface area contributed by atoms with Crippen LogP contribution in [0.1, 0.15) is 5.56 Å². The largest absolute Gasteiger partial charge is 0.389 e. The summed E-state index contributed by atoms with van der Waals surface area (Å²) in [5.74, 6) is 0. The van der Waals surface area contributed by atoms with Crippen molar-refractivity contribution in [2.24, 2.45) is 11.5 Å². The fraction of sp³-hybridized carbons (Fsp3) is 0.111. The molecule has 0 fully saturated rings. The number of hydrogen-bond acceptors (Lipinski definition) is 2. The predicted octanol–water partition coefficient (Wildman–Crippen LogP) is 0.521. The molecule has 0 bridgehead atoms. The Balaban J connectivity index is 3.88. The summed E-state index contributed by atoms with van der Waals surface area (Å²) in [6.45, 7) is 1.90. The van der Waals surface area contributed by atoms with Crippen LogP contribution in [0.4, 0.5) is 0 Å². The minimum Gasteiger partial charge on any atom is -0.389 e. The van der Waals surface area contributed by atoms with E-state index in [-0.39, 0.29) is 10.3 Å². The van der Waals surface area contributed by atoms with Crippen LogP contribution in [0.3, 0.4) is 0 Å². The van der Waals surface area contributed by atoms with Gasteiger partial charge in [-0.05, 0) is 12.5 Å². The molecule has 0 aliphatic rings. The molecule has 0 unspecified atom stereocenters. The molecule has 0 amide bonds. The van der Waals surface area contributed by atoms with Crippen LogP contribution in [-0.4, -0.2) is 0 Å². The monoisotopic (exact) mass is 216 g/mol. The number of benzene rings is 1. The van der Waals surface area contributed by atoms with Crippen molar-refractivity contribution in [3.05, 3.63) is 34.2 Å². The van der Waals surface area contributed by atoms with Gasteiger partial charge in [-0.3, -0.25) is 0 Å². The Labute approximate surface area is 86.4 Å². The van der Waals surface area contributed by atoms with Crippen molar-refractivity contribution in [3.8, 4) is 0 Å². The zero-order chi connectivity index (χ0) is 10.0. The van der Waals surface area contributed by atoms with E-state index in [0.717, 1.165) is 5.56 Å². The van der Waals surface area contributed by atoms with Crippen molar-refractivity contribution < 1.29 is 0 Å². The summed E-state index contributed by atoms with van der Waals surface area (Å²) >= 11 is 11.4. The summed E-state index contributed by atoms with van der Waals surface area (Å²) in [5, 5.41) is 1.78. The van der Waals surface area contributed by atoms with Gasteiger partial charge in [-0.15, -0.1) is 0 Å². The maximum atomic E-state index is 5.72. The van der Waals surface area contributed by atoms with Crippen LogP contribution < -0.4 is 21.9 Å². The van der Waals surface area contributed by atoms with E-state index in [9.17, 15) is 0 Å². The molecule has 70 valence electrons. The van der Waals surface area contributed by atoms with E-state index < -0.39 is 0 Å². The molecule has 1 aromatic carbocycles. The van der Waals surface area contributed by atoms with Crippen molar-refractivity contribution >= 4 is 33.5 Å². The molecule has 0 atom stereocenters. The van der Waals surface area contributed by atoms with Crippen molar-refractivity contribution in [2.75, 3.05) is 0 Å². The lowest BCUT2D eigenvalue weighted by Crippen LogP contribution is -2.33. The normalized spacial score (nSPS) is 15.3. The third kappa shape index (κ3) is 2.08. The summed E-state index contributed by atoms with van der Waals surface area (Å²) in [7, 11) is 0. The molecule has 0 heterocycles. The second kappa shape index (κ2) is 3.90. The molecule has 0 aromatic heterocycles. The number of rotatable bonds is 0. The van der Waals surface area contributed by atoms with Gasteiger partial charge in [0.1, 0.15) is 10.3 Å². The fourth-order valence-corrected chi connectivity index (χ4v) is 1.59. The minimum atomic E-state index is 0.197. The van der Waals surface area contributed by atoms with Crippen LogP contribution in [0, 0.1) is 6.92 Å². The molecule has 13 heavy (non-hydrogen) atoms. The second-order valence-corrected chi connectivity index (χ2v) is 3.51. The lowest BCUT2D eigenvalue weighted by Gasteiger charge is -1.98. The number of aryl methyl sites for hydroxylation is 1. The molecule has 4 heteroatoms. The Morgan fingerprint density at radius 3 is 2.15 bits per heavy atom. The first-order valence-electron chi connectivity index (χ1n) is 3.70. The average molecular weight is 217 g/mol. The summed E-state index contributed by atoms with van der Waals surface area (Å²) in [5.41, 5.74) is 11.9. The van der Waals surface area contributed by atoms with Crippen molar-refractivity contribution in [1.29, 1.82) is 0 Å². The van der Waals surface area contributed by atoms with Gasteiger partial charge in [0.25, 0.3) is 0 Å². The second-order valence-electron chi connectivity index (χ2n) is 2.69. The summed E-state index contributed by atoms with van der Waals surface area (Å²) in [6.07, 6.45) is 0. The van der Waals surface area contributed by atoms with Gasteiger partial charge in [-0.25, -0.2) is 0 Å². The van der Waals surface area contributed by atoms with Gasteiger partial charge < -0.3 is 11.5 Å².